The van der Waals surface area contributed by atoms with E-state index >= 15 is 0 Å². The van der Waals surface area contributed by atoms with Gasteiger partial charge in [0.05, 0.1) is 11.3 Å². The van der Waals surface area contributed by atoms with E-state index in [1.807, 2.05) is 30.3 Å². The van der Waals surface area contributed by atoms with Crippen LogP contribution in [0.4, 0.5) is 5.69 Å². The van der Waals surface area contributed by atoms with E-state index in [2.05, 4.69) is 5.32 Å². The lowest BCUT2D eigenvalue weighted by molar-refractivity contribution is -0.124. The molecule has 0 saturated carbocycles. The number of carboxylic acid groups (broad SMARTS) is 1. The molecule has 1 atom stereocenters. The van der Waals surface area contributed by atoms with Crippen molar-refractivity contribution >= 4 is 17.6 Å². The van der Waals surface area contributed by atoms with E-state index in [1.165, 1.54) is 12.1 Å². The molecule has 1 fully saturated rings. The molecule has 0 aromatic heterocycles. The van der Waals surface area contributed by atoms with Crippen molar-refractivity contribution in [1.29, 1.82) is 0 Å². The Hall–Kier alpha value is -2.86. The number of hydrogen-bond donors (Lipinski definition) is 2. The van der Waals surface area contributed by atoms with E-state index in [1.54, 1.807) is 6.07 Å². The second kappa shape index (κ2) is 7.81. The van der Waals surface area contributed by atoms with Gasteiger partial charge in [-0.05, 0) is 36.6 Å². The molecule has 3 rings (SSSR count). The Labute approximate surface area is 145 Å². The average molecular weight is 341 g/mol. The highest BCUT2D eigenvalue weighted by atomic mass is 16.5. The second-order valence-electron chi connectivity index (χ2n) is 5.78. The molecule has 0 radical (unpaired) electrons. The number of anilines is 1. The van der Waals surface area contributed by atoms with Crippen molar-refractivity contribution in [3.8, 4) is 5.75 Å². The Balaban J connectivity index is 1.78. The monoisotopic (exact) mass is 341 g/mol. The van der Waals surface area contributed by atoms with Crippen molar-refractivity contribution < 1.29 is 24.2 Å². The summed E-state index contributed by atoms with van der Waals surface area (Å²) >= 11 is 0. The van der Waals surface area contributed by atoms with Crippen LogP contribution in [0.25, 0.3) is 0 Å². The standard InChI is InChI=1S/C19H19NO5/c21-18(17-7-4-10-24-17)20-15-11-14(19(22)23)8-9-16(15)25-12-13-5-2-1-3-6-13/h1-3,5-6,8-9,11,17H,4,7,10,12H2,(H,20,21)(H,22,23)/t17-/m0/s1. The minimum atomic E-state index is -1.07. The maximum atomic E-state index is 12.3. The van der Waals surface area contributed by atoms with E-state index in [9.17, 15) is 14.7 Å². The summed E-state index contributed by atoms with van der Waals surface area (Å²) in [4.78, 5) is 23.5. The van der Waals surface area contributed by atoms with Crippen LogP contribution in [0.3, 0.4) is 0 Å². The molecule has 6 nitrogen and oxygen atoms in total. The van der Waals surface area contributed by atoms with Crippen molar-refractivity contribution in [3.05, 3.63) is 59.7 Å². The molecule has 0 aliphatic carbocycles. The Bertz CT molecular complexity index is 754. The second-order valence-corrected chi connectivity index (χ2v) is 5.78. The van der Waals surface area contributed by atoms with Crippen molar-refractivity contribution in [3.63, 3.8) is 0 Å². The van der Waals surface area contributed by atoms with Crippen LogP contribution in [-0.2, 0) is 16.1 Å². The summed E-state index contributed by atoms with van der Waals surface area (Å²) in [6.07, 6.45) is 0.991. The molecule has 1 aliphatic heterocycles. The van der Waals surface area contributed by atoms with Crippen LogP contribution in [0.5, 0.6) is 5.75 Å². The molecule has 25 heavy (non-hydrogen) atoms. The molecule has 1 aliphatic rings. The maximum absolute atomic E-state index is 12.3. The summed E-state index contributed by atoms with van der Waals surface area (Å²) in [6, 6.07) is 14.0. The first kappa shape index (κ1) is 17.0. The molecule has 1 saturated heterocycles. The first-order valence-electron chi connectivity index (χ1n) is 8.10. The number of carbonyl (C=O) groups is 2. The Morgan fingerprint density at radius 3 is 2.68 bits per heavy atom. The normalized spacial score (nSPS) is 16.4. The lowest BCUT2D eigenvalue weighted by Crippen LogP contribution is -2.27. The summed E-state index contributed by atoms with van der Waals surface area (Å²) in [6.45, 7) is 0.876. The summed E-state index contributed by atoms with van der Waals surface area (Å²) < 4.78 is 11.1. The summed E-state index contributed by atoms with van der Waals surface area (Å²) in [5.41, 5.74) is 1.38. The predicted octanol–water partition coefficient (Wildman–Crippen LogP) is 3.08. The smallest absolute Gasteiger partial charge is 0.335 e. The van der Waals surface area contributed by atoms with Crippen LogP contribution in [0.15, 0.2) is 48.5 Å². The zero-order valence-corrected chi connectivity index (χ0v) is 13.6. The predicted molar refractivity (Wildman–Crippen MR) is 91.8 cm³/mol. The highest BCUT2D eigenvalue weighted by molar-refractivity contribution is 5.97. The first-order chi connectivity index (χ1) is 12.1. The topological polar surface area (TPSA) is 84.9 Å². The van der Waals surface area contributed by atoms with Gasteiger partial charge in [0, 0.05) is 6.61 Å². The number of carboxylic acids is 1. The molecular formula is C19H19NO5. The van der Waals surface area contributed by atoms with Crippen molar-refractivity contribution in [2.45, 2.75) is 25.6 Å². The highest BCUT2D eigenvalue weighted by Crippen LogP contribution is 2.28. The third kappa shape index (κ3) is 4.36. The third-order valence-corrected chi connectivity index (χ3v) is 3.94. The van der Waals surface area contributed by atoms with Gasteiger partial charge in [-0.1, -0.05) is 30.3 Å². The quantitative estimate of drug-likeness (QED) is 0.843. The van der Waals surface area contributed by atoms with Gasteiger partial charge >= 0.3 is 5.97 Å². The Kier molecular flexibility index (Phi) is 5.30. The molecule has 2 aromatic carbocycles. The van der Waals surface area contributed by atoms with Gasteiger partial charge in [-0.25, -0.2) is 4.79 Å². The van der Waals surface area contributed by atoms with Gasteiger partial charge < -0.3 is 19.9 Å². The lowest BCUT2D eigenvalue weighted by atomic mass is 10.1. The van der Waals surface area contributed by atoms with Gasteiger partial charge in [0.25, 0.3) is 5.91 Å². The van der Waals surface area contributed by atoms with Crippen LogP contribution in [0, 0.1) is 0 Å². The number of aromatic carboxylic acids is 1. The average Bonchev–Trinajstić information content (AvgIpc) is 3.16. The minimum absolute atomic E-state index is 0.0784. The van der Waals surface area contributed by atoms with Gasteiger partial charge in [-0.15, -0.1) is 0 Å². The maximum Gasteiger partial charge on any atom is 0.335 e. The number of nitrogens with one attached hydrogen (secondary N) is 1. The van der Waals surface area contributed by atoms with Crippen LogP contribution in [0.2, 0.25) is 0 Å². The fourth-order valence-corrected chi connectivity index (χ4v) is 2.62. The van der Waals surface area contributed by atoms with Gasteiger partial charge in [0.15, 0.2) is 0 Å². The van der Waals surface area contributed by atoms with Gasteiger partial charge in [-0.2, -0.15) is 0 Å². The van der Waals surface area contributed by atoms with E-state index < -0.39 is 12.1 Å². The number of amides is 1. The van der Waals surface area contributed by atoms with E-state index in [-0.39, 0.29) is 11.5 Å². The van der Waals surface area contributed by atoms with Crippen LogP contribution in [0.1, 0.15) is 28.8 Å². The van der Waals surface area contributed by atoms with Gasteiger partial charge in [-0.3, -0.25) is 4.79 Å². The van der Waals surface area contributed by atoms with Crippen LogP contribution >= 0.6 is 0 Å². The van der Waals surface area contributed by atoms with Crippen LogP contribution in [-0.4, -0.2) is 29.7 Å². The largest absolute Gasteiger partial charge is 0.487 e. The number of rotatable bonds is 6. The van der Waals surface area contributed by atoms with E-state index in [4.69, 9.17) is 9.47 Å². The zero-order valence-electron chi connectivity index (χ0n) is 13.6. The van der Waals surface area contributed by atoms with E-state index in [0.717, 1.165) is 12.0 Å². The Morgan fingerprint density at radius 1 is 1.20 bits per heavy atom. The van der Waals surface area contributed by atoms with Gasteiger partial charge in [0.1, 0.15) is 18.5 Å². The summed E-state index contributed by atoms with van der Waals surface area (Å²) in [7, 11) is 0. The first-order valence-corrected chi connectivity index (χ1v) is 8.10. The molecule has 1 amide bonds. The molecular weight excluding hydrogens is 322 g/mol. The SMILES string of the molecule is O=C(O)c1ccc(OCc2ccccc2)c(NC(=O)[C@@H]2CCCO2)c1. The number of ether oxygens (including phenoxy) is 2. The molecule has 6 heteroatoms. The number of carbonyl (C=O) groups excluding carboxylic acids is 1. The van der Waals surface area contributed by atoms with Crippen molar-refractivity contribution in [2.75, 3.05) is 11.9 Å². The van der Waals surface area contributed by atoms with Crippen molar-refractivity contribution in [2.24, 2.45) is 0 Å². The van der Waals surface area contributed by atoms with Crippen LogP contribution < -0.4 is 10.1 Å². The highest BCUT2D eigenvalue weighted by Gasteiger charge is 2.24. The molecule has 130 valence electrons. The third-order valence-electron chi connectivity index (χ3n) is 3.94. The van der Waals surface area contributed by atoms with Crippen molar-refractivity contribution in [1.82, 2.24) is 0 Å². The molecule has 2 N–H and O–H groups in total. The fraction of sp³-hybridized carbons (Fsp3) is 0.263. The number of hydrogen-bond acceptors (Lipinski definition) is 4. The fourth-order valence-electron chi connectivity index (χ4n) is 2.62. The molecule has 1 heterocycles. The van der Waals surface area contributed by atoms with Gasteiger partial charge in [0.2, 0.25) is 0 Å². The molecule has 0 unspecified atom stereocenters. The number of benzene rings is 2. The summed E-state index contributed by atoms with van der Waals surface area (Å²) in [5.74, 6) is -0.938. The zero-order chi connectivity index (χ0) is 17.6. The van der Waals surface area contributed by atoms with E-state index in [0.29, 0.717) is 31.1 Å². The molecule has 0 spiro atoms. The lowest BCUT2D eigenvalue weighted by Gasteiger charge is -2.15. The summed E-state index contributed by atoms with van der Waals surface area (Å²) in [5, 5.41) is 11.9. The minimum Gasteiger partial charge on any atom is -0.487 e. The molecule has 2 aromatic rings. The Morgan fingerprint density at radius 2 is 2.00 bits per heavy atom. The molecule has 0 bridgehead atoms.